The van der Waals surface area contributed by atoms with Crippen LogP contribution in [0.1, 0.15) is 17.3 Å². The van der Waals surface area contributed by atoms with Gasteiger partial charge in [-0.3, -0.25) is 10.1 Å². The number of anilines is 1. The van der Waals surface area contributed by atoms with Crippen LogP contribution in [0.25, 0.3) is 11.0 Å². The summed E-state index contributed by atoms with van der Waals surface area (Å²) in [6.45, 7) is 2.02. The van der Waals surface area contributed by atoms with Crippen molar-refractivity contribution in [2.75, 3.05) is 5.32 Å². The molecular formula is C20H17N5O2. The number of nitro groups is 1. The third-order valence-electron chi connectivity index (χ3n) is 4.37. The van der Waals surface area contributed by atoms with Gasteiger partial charge in [0, 0.05) is 23.4 Å². The maximum atomic E-state index is 11.2. The Morgan fingerprint density at radius 1 is 1.04 bits per heavy atom. The van der Waals surface area contributed by atoms with E-state index in [1.165, 1.54) is 6.07 Å². The Morgan fingerprint density at radius 2 is 1.81 bits per heavy atom. The minimum Gasteiger partial charge on any atom is -0.360 e. The fourth-order valence-electron chi connectivity index (χ4n) is 2.98. The van der Waals surface area contributed by atoms with Crippen LogP contribution in [0.15, 0.2) is 72.8 Å². The van der Waals surface area contributed by atoms with Crippen molar-refractivity contribution in [1.29, 1.82) is 0 Å². The van der Waals surface area contributed by atoms with Crippen molar-refractivity contribution in [3.8, 4) is 0 Å². The number of aromatic nitrogens is 3. The average Bonchev–Trinajstić information content (AvgIpc) is 3.11. The zero-order valence-corrected chi connectivity index (χ0v) is 14.6. The van der Waals surface area contributed by atoms with E-state index < -0.39 is 11.1 Å². The largest absolute Gasteiger partial charge is 0.360 e. The molecule has 0 aliphatic carbocycles. The summed E-state index contributed by atoms with van der Waals surface area (Å²) in [4.78, 5) is 10.8. The molecule has 4 aromatic rings. The number of benzene rings is 3. The molecule has 0 amide bonds. The molecule has 4 rings (SSSR count). The molecule has 3 aromatic carbocycles. The molecule has 0 spiro atoms. The van der Waals surface area contributed by atoms with Gasteiger partial charge < -0.3 is 5.32 Å². The summed E-state index contributed by atoms with van der Waals surface area (Å²) in [5.41, 5.74) is 4.40. The van der Waals surface area contributed by atoms with Gasteiger partial charge in [0.1, 0.15) is 11.7 Å². The lowest BCUT2D eigenvalue weighted by molar-refractivity contribution is -0.384. The molecule has 1 heterocycles. The van der Waals surface area contributed by atoms with Crippen molar-refractivity contribution in [3.63, 3.8) is 0 Å². The molecule has 0 fully saturated rings. The van der Waals surface area contributed by atoms with Crippen LogP contribution in [-0.2, 0) is 0 Å². The van der Waals surface area contributed by atoms with Crippen molar-refractivity contribution >= 4 is 22.4 Å². The van der Waals surface area contributed by atoms with Gasteiger partial charge in [0.25, 0.3) is 5.69 Å². The topological polar surface area (TPSA) is 85.9 Å². The molecular weight excluding hydrogens is 342 g/mol. The highest BCUT2D eigenvalue weighted by Gasteiger charge is 2.20. The summed E-state index contributed by atoms with van der Waals surface area (Å²) in [5, 5.41) is 23.2. The summed E-state index contributed by atoms with van der Waals surface area (Å²) in [6, 6.07) is 22.1. The Morgan fingerprint density at radius 3 is 2.59 bits per heavy atom. The second kappa shape index (κ2) is 6.87. The minimum absolute atomic E-state index is 0.0348. The molecule has 1 atom stereocenters. The lowest BCUT2D eigenvalue weighted by Gasteiger charge is -2.21. The normalized spacial score (nSPS) is 12.0. The van der Waals surface area contributed by atoms with Gasteiger partial charge in [-0.15, -0.1) is 5.10 Å². The fourth-order valence-corrected chi connectivity index (χ4v) is 2.98. The van der Waals surface area contributed by atoms with Crippen molar-refractivity contribution in [2.24, 2.45) is 0 Å². The molecule has 7 heteroatoms. The van der Waals surface area contributed by atoms with Crippen LogP contribution in [0.4, 0.5) is 11.4 Å². The predicted molar refractivity (Wildman–Crippen MR) is 104 cm³/mol. The summed E-state index contributed by atoms with van der Waals surface area (Å²) in [5.74, 6) is 0. The van der Waals surface area contributed by atoms with Crippen molar-refractivity contribution in [3.05, 3.63) is 94.0 Å². The first-order valence-electron chi connectivity index (χ1n) is 8.49. The molecule has 0 aliphatic heterocycles. The van der Waals surface area contributed by atoms with Gasteiger partial charge in [0.2, 0.25) is 0 Å². The molecule has 0 aliphatic rings. The fraction of sp³-hybridized carbons (Fsp3) is 0.100. The van der Waals surface area contributed by atoms with Crippen molar-refractivity contribution in [2.45, 2.75) is 13.1 Å². The van der Waals surface area contributed by atoms with Gasteiger partial charge in [-0.25, -0.2) is 4.68 Å². The number of para-hydroxylation sites is 1. The maximum Gasteiger partial charge on any atom is 0.269 e. The Labute approximate surface area is 155 Å². The second-order valence-corrected chi connectivity index (χ2v) is 6.29. The lowest BCUT2D eigenvalue weighted by atomic mass is 10.1. The van der Waals surface area contributed by atoms with Crippen LogP contribution in [-0.4, -0.2) is 19.9 Å². The van der Waals surface area contributed by atoms with Crippen LogP contribution < -0.4 is 5.32 Å². The number of rotatable bonds is 5. The van der Waals surface area contributed by atoms with Crippen LogP contribution in [0.3, 0.4) is 0 Å². The Bertz CT molecular complexity index is 1100. The van der Waals surface area contributed by atoms with E-state index in [-0.39, 0.29) is 5.69 Å². The summed E-state index contributed by atoms with van der Waals surface area (Å²) in [7, 11) is 0. The summed E-state index contributed by atoms with van der Waals surface area (Å²) < 4.78 is 1.74. The van der Waals surface area contributed by atoms with Crippen molar-refractivity contribution < 1.29 is 4.92 Å². The molecule has 1 aromatic heterocycles. The predicted octanol–water partition coefficient (Wildman–Crippen LogP) is 4.31. The lowest BCUT2D eigenvalue weighted by Crippen LogP contribution is -2.21. The van der Waals surface area contributed by atoms with E-state index in [1.807, 2.05) is 61.5 Å². The molecule has 1 unspecified atom stereocenters. The molecule has 0 saturated heterocycles. The SMILES string of the molecule is Cc1ccc(NC(c2cccc([N+](=O)[O-])c2)n2nnc3ccccc32)cc1. The monoisotopic (exact) mass is 359 g/mol. The molecule has 27 heavy (non-hydrogen) atoms. The number of nitro benzene ring substituents is 1. The highest BCUT2D eigenvalue weighted by molar-refractivity contribution is 5.74. The number of non-ortho nitro benzene ring substituents is 1. The first kappa shape index (κ1) is 16.7. The third-order valence-corrected chi connectivity index (χ3v) is 4.37. The first-order valence-corrected chi connectivity index (χ1v) is 8.49. The number of fused-ring (bicyclic) bond motifs is 1. The summed E-state index contributed by atoms with van der Waals surface area (Å²) >= 11 is 0. The van der Waals surface area contributed by atoms with Gasteiger partial charge in [-0.05, 0) is 31.2 Å². The number of nitrogens with one attached hydrogen (secondary N) is 1. The van der Waals surface area contributed by atoms with Gasteiger partial charge >= 0.3 is 0 Å². The molecule has 0 radical (unpaired) electrons. The van der Waals surface area contributed by atoms with E-state index in [0.717, 1.165) is 27.8 Å². The number of hydrogen-bond donors (Lipinski definition) is 1. The molecule has 7 nitrogen and oxygen atoms in total. The Balaban J connectivity index is 1.83. The van der Waals surface area contributed by atoms with E-state index in [0.29, 0.717) is 0 Å². The van der Waals surface area contributed by atoms with E-state index in [2.05, 4.69) is 15.6 Å². The first-order chi connectivity index (χ1) is 13.1. The second-order valence-electron chi connectivity index (χ2n) is 6.29. The van der Waals surface area contributed by atoms with Gasteiger partial charge in [0.15, 0.2) is 0 Å². The van der Waals surface area contributed by atoms with Gasteiger partial charge in [-0.1, -0.05) is 47.2 Å². The third kappa shape index (κ3) is 3.35. The summed E-state index contributed by atoms with van der Waals surface area (Å²) in [6.07, 6.45) is -0.444. The maximum absolute atomic E-state index is 11.2. The van der Waals surface area contributed by atoms with Gasteiger partial charge in [0.05, 0.1) is 10.4 Å². The van der Waals surface area contributed by atoms with Crippen LogP contribution in [0.5, 0.6) is 0 Å². The number of hydrogen-bond acceptors (Lipinski definition) is 5. The highest BCUT2D eigenvalue weighted by atomic mass is 16.6. The zero-order chi connectivity index (χ0) is 18.8. The highest BCUT2D eigenvalue weighted by Crippen LogP contribution is 2.27. The Kier molecular flexibility index (Phi) is 4.25. The zero-order valence-electron chi connectivity index (χ0n) is 14.6. The standard InChI is InChI=1S/C20H17N5O2/c1-14-9-11-16(12-10-14)21-20(15-5-4-6-17(13-15)25(26)27)24-19-8-3-2-7-18(19)22-23-24/h2-13,20-21H,1H3. The average molecular weight is 359 g/mol. The van der Waals surface area contributed by atoms with Crippen LogP contribution >= 0.6 is 0 Å². The Hall–Kier alpha value is -3.74. The van der Waals surface area contributed by atoms with Crippen molar-refractivity contribution in [1.82, 2.24) is 15.0 Å². The smallest absolute Gasteiger partial charge is 0.269 e. The van der Waals surface area contributed by atoms with E-state index in [4.69, 9.17) is 0 Å². The quantitative estimate of drug-likeness (QED) is 0.424. The van der Waals surface area contributed by atoms with E-state index in [1.54, 1.807) is 16.8 Å². The van der Waals surface area contributed by atoms with E-state index in [9.17, 15) is 10.1 Å². The van der Waals surface area contributed by atoms with Gasteiger partial charge in [-0.2, -0.15) is 0 Å². The molecule has 134 valence electrons. The number of nitrogens with zero attached hydrogens (tertiary/aromatic N) is 4. The molecule has 1 N–H and O–H groups in total. The molecule has 0 saturated carbocycles. The van der Waals surface area contributed by atoms with E-state index >= 15 is 0 Å². The molecule has 0 bridgehead atoms. The van der Waals surface area contributed by atoms with Crippen LogP contribution in [0.2, 0.25) is 0 Å². The minimum atomic E-state index is -0.444. The van der Waals surface area contributed by atoms with Crippen LogP contribution in [0, 0.1) is 17.0 Å². The number of aryl methyl sites for hydroxylation is 1.